The van der Waals surface area contributed by atoms with E-state index >= 15 is 0 Å². The van der Waals surface area contributed by atoms with Crippen molar-refractivity contribution in [3.63, 3.8) is 0 Å². The first-order valence-electron chi connectivity index (χ1n) is 6.42. The van der Waals surface area contributed by atoms with E-state index < -0.39 is 0 Å². The highest BCUT2D eigenvalue weighted by atomic mass is 16.5. The molecule has 1 saturated carbocycles. The van der Waals surface area contributed by atoms with E-state index in [1.54, 1.807) is 11.9 Å². The van der Waals surface area contributed by atoms with Crippen LogP contribution >= 0.6 is 0 Å². The molecule has 1 aliphatic carbocycles. The number of carbonyl (C=O) groups is 1. The molecule has 0 aliphatic heterocycles. The molecule has 0 unspecified atom stereocenters. The average molecular weight is 238 g/mol. The molecule has 4 nitrogen and oxygen atoms in total. The van der Waals surface area contributed by atoms with Crippen molar-refractivity contribution in [2.24, 2.45) is 5.92 Å². The Hall–Kier alpha value is -1.08. The molecule has 0 aromatic rings. The van der Waals surface area contributed by atoms with Crippen LogP contribution in [0.3, 0.4) is 0 Å². The van der Waals surface area contributed by atoms with Gasteiger partial charge in [-0.05, 0) is 12.3 Å². The molecule has 96 valence electrons. The van der Waals surface area contributed by atoms with Gasteiger partial charge in [0.25, 0.3) is 0 Å². The molecule has 1 aliphatic rings. The normalized spacial score (nSPS) is 15.1. The summed E-state index contributed by atoms with van der Waals surface area (Å²) in [5, 5.41) is 8.41. The van der Waals surface area contributed by atoms with E-state index in [4.69, 9.17) is 10.00 Å². The van der Waals surface area contributed by atoms with Gasteiger partial charge in [0.05, 0.1) is 25.5 Å². The van der Waals surface area contributed by atoms with Crippen LogP contribution < -0.4 is 0 Å². The maximum absolute atomic E-state index is 11.5. The lowest BCUT2D eigenvalue weighted by Crippen LogP contribution is -2.28. The summed E-state index contributed by atoms with van der Waals surface area (Å²) in [6.45, 7) is 1.79. The van der Waals surface area contributed by atoms with Gasteiger partial charge in [0, 0.05) is 20.2 Å². The fourth-order valence-corrected chi connectivity index (χ4v) is 1.83. The molecule has 17 heavy (non-hydrogen) atoms. The quantitative estimate of drug-likeness (QED) is 0.607. The second-order valence-corrected chi connectivity index (χ2v) is 4.67. The van der Waals surface area contributed by atoms with Crippen molar-refractivity contribution in [1.29, 1.82) is 5.26 Å². The summed E-state index contributed by atoms with van der Waals surface area (Å²) in [5.74, 6) is 0.924. The van der Waals surface area contributed by atoms with Gasteiger partial charge in [-0.15, -0.1) is 0 Å². The third kappa shape index (κ3) is 5.69. The van der Waals surface area contributed by atoms with Crippen LogP contribution in [0.5, 0.6) is 0 Å². The van der Waals surface area contributed by atoms with Crippen molar-refractivity contribution >= 4 is 5.91 Å². The summed E-state index contributed by atoms with van der Waals surface area (Å²) in [4.78, 5) is 13.1. The summed E-state index contributed by atoms with van der Waals surface area (Å²) >= 11 is 0. The fourth-order valence-electron chi connectivity index (χ4n) is 1.83. The van der Waals surface area contributed by atoms with Gasteiger partial charge in [-0.1, -0.05) is 19.3 Å². The molecular formula is C13H22N2O2. The first-order chi connectivity index (χ1) is 8.24. The maximum atomic E-state index is 11.5. The Bertz CT molecular complexity index is 269. The van der Waals surface area contributed by atoms with Crippen molar-refractivity contribution in [2.45, 2.75) is 38.5 Å². The van der Waals surface area contributed by atoms with Gasteiger partial charge in [-0.3, -0.25) is 4.79 Å². The highest BCUT2D eigenvalue weighted by Crippen LogP contribution is 2.29. The van der Waals surface area contributed by atoms with Gasteiger partial charge >= 0.3 is 0 Å². The van der Waals surface area contributed by atoms with Gasteiger partial charge < -0.3 is 9.64 Å². The van der Waals surface area contributed by atoms with E-state index in [1.807, 2.05) is 6.07 Å². The number of hydrogen-bond acceptors (Lipinski definition) is 3. The number of rotatable bonds is 8. The van der Waals surface area contributed by atoms with Crippen LogP contribution in [-0.4, -0.2) is 37.6 Å². The molecule has 0 atom stereocenters. The monoisotopic (exact) mass is 238 g/mol. The third-order valence-corrected chi connectivity index (χ3v) is 3.34. The Morgan fingerprint density at radius 2 is 2.24 bits per heavy atom. The number of carbonyl (C=O) groups excluding carboxylic acids is 1. The van der Waals surface area contributed by atoms with E-state index in [0.29, 0.717) is 26.0 Å². The molecule has 4 heteroatoms. The van der Waals surface area contributed by atoms with E-state index in [0.717, 1.165) is 18.9 Å². The summed E-state index contributed by atoms with van der Waals surface area (Å²) in [5.41, 5.74) is 0. The lowest BCUT2D eigenvalue weighted by Gasteiger charge is -2.24. The zero-order valence-electron chi connectivity index (χ0n) is 10.7. The van der Waals surface area contributed by atoms with Crippen LogP contribution in [-0.2, 0) is 9.53 Å². The van der Waals surface area contributed by atoms with E-state index in [9.17, 15) is 4.79 Å². The average Bonchev–Trinajstić information content (AvgIpc) is 2.27. The predicted molar refractivity (Wildman–Crippen MR) is 65.3 cm³/mol. The van der Waals surface area contributed by atoms with Crippen molar-refractivity contribution in [3.05, 3.63) is 0 Å². The van der Waals surface area contributed by atoms with Crippen LogP contribution in [0.4, 0.5) is 0 Å². The molecular weight excluding hydrogens is 216 g/mol. The van der Waals surface area contributed by atoms with Crippen LogP contribution in [0, 0.1) is 17.2 Å². The lowest BCUT2D eigenvalue weighted by atomic mass is 9.83. The van der Waals surface area contributed by atoms with E-state index in [1.165, 1.54) is 19.3 Å². The molecule has 0 saturated heterocycles. The second kappa shape index (κ2) is 8.08. The number of nitrogens with zero attached hydrogens (tertiary/aromatic N) is 2. The highest BCUT2D eigenvalue weighted by molar-refractivity contribution is 5.75. The highest BCUT2D eigenvalue weighted by Gasteiger charge is 2.16. The molecule has 0 aromatic carbocycles. The molecule has 1 amide bonds. The zero-order valence-corrected chi connectivity index (χ0v) is 10.7. The minimum atomic E-state index is 0.0592. The Labute approximate surface area is 104 Å². The Kier molecular flexibility index (Phi) is 6.64. The van der Waals surface area contributed by atoms with Gasteiger partial charge in [0.1, 0.15) is 0 Å². The first kappa shape index (κ1) is 14.0. The Morgan fingerprint density at radius 3 is 2.82 bits per heavy atom. The third-order valence-electron chi connectivity index (χ3n) is 3.34. The van der Waals surface area contributed by atoms with Gasteiger partial charge in [-0.2, -0.15) is 5.26 Å². The molecule has 0 heterocycles. The topological polar surface area (TPSA) is 53.3 Å². The lowest BCUT2D eigenvalue weighted by molar-refractivity contribution is -0.131. The van der Waals surface area contributed by atoms with E-state index in [2.05, 4.69) is 0 Å². The largest absolute Gasteiger partial charge is 0.381 e. The SMILES string of the molecule is CN(CCC#N)C(=O)CCOCCC1CCC1. The fraction of sp³-hybridized carbons (Fsp3) is 0.846. The van der Waals surface area contributed by atoms with E-state index in [-0.39, 0.29) is 5.91 Å². The van der Waals surface area contributed by atoms with Crippen LogP contribution in [0.25, 0.3) is 0 Å². The maximum Gasteiger partial charge on any atom is 0.224 e. The minimum absolute atomic E-state index is 0.0592. The predicted octanol–water partition coefficient (Wildman–Crippen LogP) is 1.96. The summed E-state index contributed by atoms with van der Waals surface area (Å²) in [6.07, 6.45) is 6.01. The van der Waals surface area contributed by atoms with Crippen LogP contribution in [0.2, 0.25) is 0 Å². The molecule has 0 bridgehead atoms. The van der Waals surface area contributed by atoms with Crippen molar-refractivity contribution in [1.82, 2.24) is 4.90 Å². The van der Waals surface area contributed by atoms with Crippen LogP contribution in [0.1, 0.15) is 38.5 Å². The molecule has 1 rings (SSSR count). The number of ether oxygens (including phenoxy) is 1. The Morgan fingerprint density at radius 1 is 1.47 bits per heavy atom. The van der Waals surface area contributed by atoms with Gasteiger partial charge in [-0.25, -0.2) is 0 Å². The standard InChI is InChI=1S/C13H22N2O2/c1-15(9-3-8-14)13(16)7-11-17-10-6-12-4-2-5-12/h12H,2-7,9-11H2,1H3. The van der Waals surface area contributed by atoms with Gasteiger partial charge in [0.2, 0.25) is 5.91 Å². The van der Waals surface area contributed by atoms with Crippen LogP contribution in [0.15, 0.2) is 0 Å². The summed E-state index contributed by atoms with van der Waals surface area (Å²) < 4.78 is 5.45. The number of amides is 1. The van der Waals surface area contributed by atoms with Crippen molar-refractivity contribution in [2.75, 3.05) is 26.8 Å². The zero-order chi connectivity index (χ0) is 12.5. The minimum Gasteiger partial charge on any atom is -0.381 e. The molecule has 0 spiro atoms. The van der Waals surface area contributed by atoms with Crippen molar-refractivity contribution < 1.29 is 9.53 Å². The molecule has 0 N–H and O–H groups in total. The van der Waals surface area contributed by atoms with Crippen molar-refractivity contribution in [3.8, 4) is 6.07 Å². The number of nitriles is 1. The summed E-state index contributed by atoms with van der Waals surface area (Å²) in [6, 6.07) is 2.03. The molecule has 0 aromatic heterocycles. The first-order valence-corrected chi connectivity index (χ1v) is 6.42. The molecule has 0 radical (unpaired) electrons. The second-order valence-electron chi connectivity index (χ2n) is 4.67. The molecule has 1 fully saturated rings. The Balaban J connectivity index is 1.93. The smallest absolute Gasteiger partial charge is 0.224 e. The summed E-state index contributed by atoms with van der Waals surface area (Å²) in [7, 11) is 1.73. The van der Waals surface area contributed by atoms with Gasteiger partial charge in [0.15, 0.2) is 0 Å². The number of hydrogen-bond donors (Lipinski definition) is 0.